The van der Waals surface area contributed by atoms with Gasteiger partial charge < -0.3 is 20.1 Å². The minimum Gasteiger partial charge on any atom is -0.469 e. The SMILES string of the molecule is COC(=O)CCCN(C)C(=O)COCCN. The second-order valence-corrected chi connectivity index (χ2v) is 3.34. The van der Waals surface area contributed by atoms with E-state index < -0.39 is 0 Å². The number of esters is 1. The molecule has 6 heteroatoms. The van der Waals surface area contributed by atoms with Crippen LogP contribution in [0.2, 0.25) is 0 Å². The van der Waals surface area contributed by atoms with Gasteiger partial charge in [0.25, 0.3) is 0 Å². The van der Waals surface area contributed by atoms with E-state index in [2.05, 4.69) is 4.74 Å². The van der Waals surface area contributed by atoms with Crippen LogP contribution in [0, 0.1) is 0 Å². The van der Waals surface area contributed by atoms with Gasteiger partial charge in [-0.05, 0) is 6.42 Å². The number of rotatable bonds is 8. The smallest absolute Gasteiger partial charge is 0.305 e. The Bertz CT molecular complexity index is 221. The van der Waals surface area contributed by atoms with E-state index >= 15 is 0 Å². The fraction of sp³-hybridized carbons (Fsp3) is 0.800. The summed E-state index contributed by atoms with van der Waals surface area (Å²) in [5.41, 5.74) is 5.22. The lowest BCUT2D eigenvalue weighted by molar-refractivity contribution is -0.141. The molecule has 1 amide bonds. The maximum Gasteiger partial charge on any atom is 0.305 e. The van der Waals surface area contributed by atoms with Crippen LogP contribution in [0.4, 0.5) is 0 Å². The van der Waals surface area contributed by atoms with Crippen molar-refractivity contribution in [3.8, 4) is 0 Å². The molecule has 0 saturated carbocycles. The van der Waals surface area contributed by atoms with E-state index in [1.807, 2.05) is 0 Å². The fourth-order valence-electron chi connectivity index (χ4n) is 1.04. The third kappa shape index (κ3) is 7.19. The lowest BCUT2D eigenvalue weighted by atomic mass is 10.3. The maximum absolute atomic E-state index is 11.4. The van der Waals surface area contributed by atoms with Crippen molar-refractivity contribution in [2.75, 3.05) is 40.5 Å². The molecule has 0 aliphatic rings. The van der Waals surface area contributed by atoms with E-state index in [0.717, 1.165) is 0 Å². The van der Waals surface area contributed by atoms with Crippen molar-refractivity contribution in [3.05, 3.63) is 0 Å². The molecular weight excluding hydrogens is 212 g/mol. The van der Waals surface area contributed by atoms with Crippen LogP contribution in [0.3, 0.4) is 0 Å². The van der Waals surface area contributed by atoms with E-state index in [0.29, 0.717) is 32.5 Å². The first-order valence-corrected chi connectivity index (χ1v) is 5.20. The maximum atomic E-state index is 11.4. The Kier molecular flexibility index (Phi) is 8.46. The fourth-order valence-corrected chi connectivity index (χ4v) is 1.04. The highest BCUT2D eigenvalue weighted by atomic mass is 16.5. The second-order valence-electron chi connectivity index (χ2n) is 3.34. The molecule has 0 saturated heterocycles. The minimum atomic E-state index is -0.264. The molecular formula is C10H20N2O4. The van der Waals surface area contributed by atoms with Crippen molar-refractivity contribution in [3.63, 3.8) is 0 Å². The standard InChI is InChI=1S/C10H20N2O4/c1-12(6-3-4-10(14)15-2)9(13)8-16-7-5-11/h3-8,11H2,1-2H3. The van der Waals surface area contributed by atoms with Crippen LogP contribution in [0.1, 0.15) is 12.8 Å². The van der Waals surface area contributed by atoms with Crippen molar-refractivity contribution in [1.29, 1.82) is 0 Å². The Labute approximate surface area is 95.7 Å². The topological polar surface area (TPSA) is 81.9 Å². The van der Waals surface area contributed by atoms with Gasteiger partial charge in [-0.3, -0.25) is 9.59 Å². The van der Waals surface area contributed by atoms with E-state index in [9.17, 15) is 9.59 Å². The zero-order valence-electron chi connectivity index (χ0n) is 9.90. The van der Waals surface area contributed by atoms with Gasteiger partial charge >= 0.3 is 5.97 Å². The summed E-state index contributed by atoms with van der Waals surface area (Å²) in [5, 5.41) is 0. The normalized spacial score (nSPS) is 9.94. The van der Waals surface area contributed by atoms with Crippen LogP contribution in [-0.2, 0) is 19.1 Å². The van der Waals surface area contributed by atoms with Gasteiger partial charge in [0, 0.05) is 26.6 Å². The molecule has 0 atom stereocenters. The van der Waals surface area contributed by atoms with Gasteiger partial charge in [-0.15, -0.1) is 0 Å². The number of carbonyl (C=O) groups excluding carboxylic acids is 2. The quantitative estimate of drug-likeness (QED) is 0.445. The highest BCUT2D eigenvalue weighted by Gasteiger charge is 2.09. The van der Waals surface area contributed by atoms with Gasteiger partial charge in [0.1, 0.15) is 6.61 Å². The largest absolute Gasteiger partial charge is 0.469 e. The molecule has 0 aliphatic heterocycles. The zero-order chi connectivity index (χ0) is 12.4. The summed E-state index contributed by atoms with van der Waals surface area (Å²) >= 11 is 0. The van der Waals surface area contributed by atoms with Crippen LogP contribution < -0.4 is 5.73 Å². The number of methoxy groups -OCH3 is 1. The summed E-state index contributed by atoms with van der Waals surface area (Å²) in [5.74, 6) is -0.376. The molecule has 16 heavy (non-hydrogen) atoms. The summed E-state index contributed by atoms with van der Waals surface area (Å²) in [6, 6.07) is 0. The van der Waals surface area contributed by atoms with Crippen molar-refractivity contribution in [2.45, 2.75) is 12.8 Å². The molecule has 0 radical (unpaired) electrons. The summed E-state index contributed by atoms with van der Waals surface area (Å²) < 4.78 is 9.50. The number of nitrogens with two attached hydrogens (primary N) is 1. The van der Waals surface area contributed by atoms with Gasteiger partial charge in [-0.2, -0.15) is 0 Å². The monoisotopic (exact) mass is 232 g/mol. The number of ether oxygens (including phenoxy) is 2. The summed E-state index contributed by atoms with van der Waals surface area (Å²) in [7, 11) is 3.02. The molecule has 0 heterocycles. The average molecular weight is 232 g/mol. The highest BCUT2D eigenvalue weighted by molar-refractivity contribution is 5.77. The Morgan fingerprint density at radius 1 is 1.38 bits per heavy atom. The molecule has 0 rings (SSSR count). The van der Waals surface area contributed by atoms with Gasteiger partial charge in [-0.1, -0.05) is 0 Å². The molecule has 94 valence electrons. The Morgan fingerprint density at radius 3 is 2.62 bits per heavy atom. The van der Waals surface area contributed by atoms with Gasteiger partial charge in [0.15, 0.2) is 0 Å². The molecule has 0 aromatic rings. The lowest BCUT2D eigenvalue weighted by Gasteiger charge is -2.16. The third-order valence-electron chi connectivity index (χ3n) is 2.02. The lowest BCUT2D eigenvalue weighted by Crippen LogP contribution is -2.32. The summed E-state index contributed by atoms with van der Waals surface area (Å²) in [4.78, 5) is 23.7. The molecule has 0 aromatic carbocycles. The first kappa shape index (κ1) is 14.9. The minimum absolute atomic E-state index is 0.0337. The van der Waals surface area contributed by atoms with Crippen molar-refractivity contribution in [1.82, 2.24) is 4.90 Å². The van der Waals surface area contributed by atoms with E-state index in [4.69, 9.17) is 10.5 Å². The Hall–Kier alpha value is -1.14. The van der Waals surface area contributed by atoms with Crippen molar-refractivity contribution < 1.29 is 19.1 Å². The summed E-state index contributed by atoms with van der Waals surface area (Å²) in [6.45, 7) is 1.33. The molecule has 0 spiro atoms. The number of amides is 1. The number of hydrogen-bond acceptors (Lipinski definition) is 5. The molecule has 0 fully saturated rings. The Balaban J connectivity index is 3.58. The molecule has 0 bridgehead atoms. The molecule has 0 aliphatic carbocycles. The first-order chi connectivity index (χ1) is 7.61. The first-order valence-electron chi connectivity index (χ1n) is 5.20. The number of carbonyl (C=O) groups is 2. The Morgan fingerprint density at radius 2 is 2.06 bits per heavy atom. The molecule has 2 N–H and O–H groups in total. The number of hydrogen-bond donors (Lipinski definition) is 1. The van der Waals surface area contributed by atoms with Crippen molar-refractivity contribution >= 4 is 11.9 Å². The number of likely N-dealkylation sites (N-methyl/N-ethyl adjacent to an activating group) is 1. The number of nitrogens with zero attached hydrogens (tertiary/aromatic N) is 1. The van der Waals surface area contributed by atoms with Crippen LogP contribution in [-0.4, -0.2) is 57.2 Å². The third-order valence-corrected chi connectivity index (χ3v) is 2.02. The van der Waals surface area contributed by atoms with E-state index in [-0.39, 0.29) is 18.5 Å². The summed E-state index contributed by atoms with van der Waals surface area (Å²) in [6.07, 6.45) is 0.906. The predicted octanol–water partition coefficient (Wildman–Crippen LogP) is -0.627. The van der Waals surface area contributed by atoms with Crippen LogP contribution in [0.5, 0.6) is 0 Å². The van der Waals surface area contributed by atoms with E-state index in [1.54, 1.807) is 7.05 Å². The molecule has 6 nitrogen and oxygen atoms in total. The molecule has 0 aromatic heterocycles. The average Bonchev–Trinajstić information content (AvgIpc) is 2.28. The zero-order valence-corrected chi connectivity index (χ0v) is 9.90. The van der Waals surface area contributed by atoms with Crippen LogP contribution >= 0.6 is 0 Å². The van der Waals surface area contributed by atoms with Gasteiger partial charge in [0.05, 0.1) is 13.7 Å². The van der Waals surface area contributed by atoms with Gasteiger partial charge in [0.2, 0.25) is 5.91 Å². The second kappa shape index (κ2) is 9.11. The molecule has 0 unspecified atom stereocenters. The van der Waals surface area contributed by atoms with Crippen molar-refractivity contribution in [2.24, 2.45) is 5.73 Å². The predicted molar refractivity (Wildman–Crippen MR) is 58.8 cm³/mol. The highest BCUT2D eigenvalue weighted by Crippen LogP contribution is 1.95. The van der Waals surface area contributed by atoms with Gasteiger partial charge in [-0.25, -0.2) is 0 Å². The van der Waals surface area contributed by atoms with E-state index in [1.165, 1.54) is 12.0 Å². The van der Waals surface area contributed by atoms with Crippen LogP contribution in [0.15, 0.2) is 0 Å². The van der Waals surface area contributed by atoms with Crippen LogP contribution in [0.25, 0.3) is 0 Å².